The number of aromatic nitrogens is 1. The highest BCUT2D eigenvalue weighted by molar-refractivity contribution is 5.94. The van der Waals surface area contributed by atoms with E-state index in [4.69, 9.17) is 5.11 Å². The number of hydrogen-bond donors (Lipinski definition) is 1. The molecule has 1 rings (SSSR count). The summed E-state index contributed by atoms with van der Waals surface area (Å²) in [5.41, 5.74) is 1.39. The molecule has 4 nitrogen and oxygen atoms in total. The summed E-state index contributed by atoms with van der Waals surface area (Å²) < 4.78 is 0. The van der Waals surface area contributed by atoms with Gasteiger partial charge in [-0.15, -0.1) is 6.58 Å². The fourth-order valence-corrected chi connectivity index (χ4v) is 1.41. The Morgan fingerprint density at radius 2 is 2.44 bits per heavy atom. The molecule has 0 aliphatic heterocycles. The molecule has 0 bridgehead atoms. The van der Waals surface area contributed by atoms with Crippen LogP contribution in [0.1, 0.15) is 16.1 Å². The Bertz CT molecular complexity index is 377. The largest absolute Gasteiger partial charge is 0.395 e. The fourth-order valence-electron chi connectivity index (χ4n) is 1.41. The second-order valence-corrected chi connectivity index (χ2v) is 3.45. The lowest BCUT2D eigenvalue weighted by atomic mass is 10.2. The van der Waals surface area contributed by atoms with Gasteiger partial charge in [-0.3, -0.25) is 9.78 Å². The smallest absolute Gasteiger partial charge is 0.254 e. The Labute approximate surface area is 95.2 Å². The maximum atomic E-state index is 12.0. The first-order valence-corrected chi connectivity index (χ1v) is 5.12. The van der Waals surface area contributed by atoms with E-state index in [1.165, 1.54) is 0 Å². The lowest BCUT2D eigenvalue weighted by Gasteiger charge is -2.19. The molecule has 0 fully saturated rings. The Morgan fingerprint density at radius 3 is 3.00 bits per heavy atom. The van der Waals surface area contributed by atoms with Gasteiger partial charge in [0.2, 0.25) is 0 Å². The van der Waals surface area contributed by atoms with Crippen molar-refractivity contribution < 1.29 is 9.90 Å². The summed E-state index contributed by atoms with van der Waals surface area (Å²) in [6, 6.07) is 3.40. The Kier molecular flexibility index (Phi) is 4.66. The summed E-state index contributed by atoms with van der Waals surface area (Å²) in [6.07, 6.45) is 3.25. The van der Waals surface area contributed by atoms with Gasteiger partial charge in [0.25, 0.3) is 5.91 Å². The number of aryl methyl sites for hydroxylation is 1. The highest BCUT2D eigenvalue weighted by atomic mass is 16.3. The highest BCUT2D eigenvalue weighted by Gasteiger charge is 2.13. The average molecular weight is 220 g/mol. The van der Waals surface area contributed by atoms with E-state index in [-0.39, 0.29) is 12.5 Å². The lowest BCUT2D eigenvalue weighted by Crippen LogP contribution is -2.33. The van der Waals surface area contributed by atoms with Crippen molar-refractivity contribution in [3.8, 4) is 0 Å². The summed E-state index contributed by atoms with van der Waals surface area (Å²) >= 11 is 0. The zero-order valence-electron chi connectivity index (χ0n) is 9.39. The maximum absolute atomic E-state index is 12.0. The van der Waals surface area contributed by atoms with E-state index in [2.05, 4.69) is 11.6 Å². The van der Waals surface area contributed by atoms with Crippen LogP contribution in [-0.4, -0.2) is 40.6 Å². The SMILES string of the molecule is C=CCN(CCO)C(=O)c1ccnc(C)c1. The number of nitrogens with zero attached hydrogens (tertiary/aromatic N) is 2. The second-order valence-electron chi connectivity index (χ2n) is 3.45. The van der Waals surface area contributed by atoms with Crippen LogP contribution in [0.5, 0.6) is 0 Å². The van der Waals surface area contributed by atoms with Crippen LogP contribution >= 0.6 is 0 Å². The molecule has 16 heavy (non-hydrogen) atoms. The van der Waals surface area contributed by atoms with E-state index in [9.17, 15) is 4.79 Å². The summed E-state index contributed by atoms with van der Waals surface area (Å²) in [7, 11) is 0. The van der Waals surface area contributed by atoms with Crippen molar-refractivity contribution in [2.24, 2.45) is 0 Å². The van der Waals surface area contributed by atoms with E-state index >= 15 is 0 Å². The predicted octanol–water partition coefficient (Wildman–Crippen LogP) is 1.01. The minimum Gasteiger partial charge on any atom is -0.395 e. The first-order valence-electron chi connectivity index (χ1n) is 5.12. The first kappa shape index (κ1) is 12.4. The predicted molar refractivity (Wildman–Crippen MR) is 62.2 cm³/mol. The third kappa shape index (κ3) is 3.17. The standard InChI is InChI=1S/C12H16N2O2/c1-3-6-14(7-8-15)12(16)11-4-5-13-10(2)9-11/h3-5,9,15H,1,6-8H2,2H3. The molecule has 0 aliphatic carbocycles. The van der Waals surface area contributed by atoms with Crippen LogP contribution in [0.25, 0.3) is 0 Å². The number of aliphatic hydroxyl groups excluding tert-OH is 1. The molecule has 0 spiro atoms. The number of carbonyl (C=O) groups excluding carboxylic acids is 1. The van der Waals surface area contributed by atoms with Gasteiger partial charge in [0.15, 0.2) is 0 Å². The van der Waals surface area contributed by atoms with Gasteiger partial charge in [-0.2, -0.15) is 0 Å². The lowest BCUT2D eigenvalue weighted by molar-refractivity contribution is 0.0742. The fraction of sp³-hybridized carbons (Fsp3) is 0.333. The molecule has 4 heteroatoms. The van der Waals surface area contributed by atoms with Gasteiger partial charge in [-0.25, -0.2) is 0 Å². The molecule has 1 amide bonds. The average Bonchev–Trinajstić information content (AvgIpc) is 2.28. The monoisotopic (exact) mass is 220 g/mol. The van der Waals surface area contributed by atoms with Crippen LogP contribution in [0.3, 0.4) is 0 Å². The molecule has 0 saturated heterocycles. The molecule has 1 aromatic rings. The summed E-state index contributed by atoms with van der Waals surface area (Å²) in [4.78, 5) is 17.6. The van der Waals surface area contributed by atoms with Crippen molar-refractivity contribution in [2.45, 2.75) is 6.92 Å². The zero-order valence-corrected chi connectivity index (χ0v) is 9.39. The van der Waals surface area contributed by atoms with Crippen molar-refractivity contribution in [1.82, 2.24) is 9.88 Å². The topological polar surface area (TPSA) is 53.4 Å². The van der Waals surface area contributed by atoms with Gasteiger partial charge in [-0.05, 0) is 19.1 Å². The number of aliphatic hydroxyl groups is 1. The third-order valence-electron chi connectivity index (χ3n) is 2.15. The van der Waals surface area contributed by atoms with Crippen LogP contribution in [0.15, 0.2) is 31.0 Å². The minimum absolute atomic E-state index is 0.0519. The number of hydrogen-bond acceptors (Lipinski definition) is 3. The molecule has 0 radical (unpaired) electrons. The van der Waals surface area contributed by atoms with Crippen LogP contribution in [-0.2, 0) is 0 Å². The van der Waals surface area contributed by atoms with E-state index in [0.29, 0.717) is 18.7 Å². The Hall–Kier alpha value is -1.68. The third-order valence-corrected chi connectivity index (χ3v) is 2.15. The zero-order chi connectivity index (χ0) is 12.0. The van der Waals surface area contributed by atoms with Crippen molar-refractivity contribution in [3.63, 3.8) is 0 Å². The van der Waals surface area contributed by atoms with E-state index < -0.39 is 0 Å². The van der Waals surface area contributed by atoms with E-state index in [1.54, 1.807) is 29.3 Å². The normalized spacial score (nSPS) is 9.88. The highest BCUT2D eigenvalue weighted by Crippen LogP contribution is 2.05. The van der Waals surface area contributed by atoms with Crippen molar-refractivity contribution >= 4 is 5.91 Å². The van der Waals surface area contributed by atoms with Crippen molar-refractivity contribution in [2.75, 3.05) is 19.7 Å². The quantitative estimate of drug-likeness (QED) is 0.753. The van der Waals surface area contributed by atoms with Gasteiger partial charge in [0.05, 0.1) is 6.61 Å². The Morgan fingerprint density at radius 1 is 1.69 bits per heavy atom. The van der Waals surface area contributed by atoms with Crippen LogP contribution in [0.2, 0.25) is 0 Å². The molecule has 0 unspecified atom stereocenters. The van der Waals surface area contributed by atoms with Gasteiger partial charge in [0.1, 0.15) is 0 Å². The second kappa shape index (κ2) is 6.02. The molecule has 1 aromatic heterocycles. The van der Waals surface area contributed by atoms with Crippen LogP contribution in [0.4, 0.5) is 0 Å². The first-order chi connectivity index (χ1) is 7.69. The van der Waals surface area contributed by atoms with Crippen molar-refractivity contribution in [3.05, 3.63) is 42.2 Å². The van der Waals surface area contributed by atoms with Gasteiger partial charge < -0.3 is 10.0 Å². The van der Waals surface area contributed by atoms with E-state index in [1.807, 2.05) is 6.92 Å². The van der Waals surface area contributed by atoms with Crippen LogP contribution < -0.4 is 0 Å². The maximum Gasteiger partial charge on any atom is 0.254 e. The van der Waals surface area contributed by atoms with Gasteiger partial charge in [0, 0.05) is 30.5 Å². The molecule has 86 valence electrons. The number of rotatable bonds is 5. The molecule has 0 aliphatic rings. The number of pyridine rings is 1. The number of carbonyl (C=O) groups is 1. The molecule has 0 saturated carbocycles. The summed E-state index contributed by atoms with van der Waals surface area (Å²) in [6.45, 7) is 6.11. The number of amides is 1. The molecular weight excluding hydrogens is 204 g/mol. The van der Waals surface area contributed by atoms with E-state index in [0.717, 1.165) is 5.69 Å². The molecule has 0 atom stereocenters. The molecular formula is C12H16N2O2. The van der Waals surface area contributed by atoms with Gasteiger partial charge in [-0.1, -0.05) is 6.08 Å². The Balaban J connectivity index is 2.85. The molecule has 0 aromatic carbocycles. The van der Waals surface area contributed by atoms with Crippen molar-refractivity contribution in [1.29, 1.82) is 0 Å². The molecule has 1 N–H and O–H groups in total. The molecule has 1 heterocycles. The summed E-state index contributed by atoms with van der Waals surface area (Å²) in [5.74, 6) is -0.112. The van der Waals surface area contributed by atoms with Gasteiger partial charge >= 0.3 is 0 Å². The minimum atomic E-state index is -0.112. The summed E-state index contributed by atoms with van der Waals surface area (Å²) in [5, 5.41) is 8.87. The van der Waals surface area contributed by atoms with Crippen LogP contribution in [0, 0.1) is 6.92 Å².